The first-order valence-corrected chi connectivity index (χ1v) is 5.12. The third-order valence-corrected chi connectivity index (χ3v) is 1.11. The van der Waals surface area contributed by atoms with E-state index < -0.39 is 23.9 Å². The van der Waals surface area contributed by atoms with E-state index in [1.165, 1.54) is 6.92 Å². The van der Waals surface area contributed by atoms with E-state index >= 15 is 0 Å². The number of aliphatic carboxylic acids is 4. The van der Waals surface area contributed by atoms with Crippen molar-refractivity contribution in [2.45, 2.75) is 32.6 Å². The summed E-state index contributed by atoms with van der Waals surface area (Å²) in [5, 5.41) is 31.6. The van der Waals surface area contributed by atoms with E-state index in [0.29, 0.717) is 0 Å². The molecule has 116 valence electrons. The molecule has 10 heteroatoms. The molecular formula is C10H17NO9. The second-order valence-electron chi connectivity index (χ2n) is 3.19. The molecule has 0 aromatic heterocycles. The molecule has 0 unspecified atom stereocenters. The summed E-state index contributed by atoms with van der Waals surface area (Å²) in [4.78, 5) is 47.8. The van der Waals surface area contributed by atoms with Crippen LogP contribution < -0.4 is 5.73 Å². The van der Waals surface area contributed by atoms with Crippen molar-refractivity contribution in [1.82, 2.24) is 0 Å². The van der Waals surface area contributed by atoms with Crippen LogP contribution in [0.2, 0.25) is 0 Å². The van der Waals surface area contributed by atoms with E-state index in [-0.39, 0.29) is 31.6 Å². The first-order valence-electron chi connectivity index (χ1n) is 5.12. The lowest BCUT2D eigenvalue weighted by molar-refractivity contribution is -0.143. The molecule has 0 heterocycles. The van der Waals surface area contributed by atoms with Gasteiger partial charge in [-0.3, -0.25) is 24.0 Å². The zero-order valence-electron chi connectivity index (χ0n) is 10.7. The summed E-state index contributed by atoms with van der Waals surface area (Å²) >= 11 is 0. The van der Waals surface area contributed by atoms with Crippen LogP contribution in [0, 0.1) is 0 Å². The summed E-state index contributed by atoms with van der Waals surface area (Å²) in [6.07, 6.45) is -1.19. The Bertz CT molecular complexity index is 291. The average Bonchev–Trinajstić information content (AvgIpc) is 2.23. The first-order chi connectivity index (χ1) is 8.98. The maximum absolute atomic E-state index is 9.64. The quantitative estimate of drug-likeness (QED) is 0.423. The largest absolute Gasteiger partial charge is 0.481 e. The van der Waals surface area contributed by atoms with Gasteiger partial charge in [-0.05, 0) is 0 Å². The van der Waals surface area contributed by atoms with E-state index in [0.717, 1.165) is 0 Å². The van der Waals surface area contributed by atoms with Gasteiger partial charge in [-0.15, -0.1) is 0 Å². The highest BCUT2D eigenvalue weighted by Gasteiger charge is 2.00. The van der Waals surface area contributed by atoms with Gasteiger partial charge in [-0.1, -0.05) is 0 Å². The van der Waals surface area contributed by atoms with Crippen molar-refractivity contribution < 1.29 is 44.4 Å². The topological polar surface area (TPSA) is 192 Å². The zero-order chi connectivity index (χ0) is 16.7. The Kier molecular flexibility index (Phi) is 16.2. The molecule has 20 heavy (non-hydrogen) atoms. The minimum atomic E-state index is -1.08. The van der Waals surface area contributed by atoms with Crippen molar-refractivity contribution in [3.05, 3.63) is 0 Å². The molecule has 0 aromatic rings. The summed E-state index contributed by atoms with van der Waals surface area (Å²) in [5.41, 5.74) is 4.47. The van der Waals surface area contributed by atoms with Crippen LogP contribution in [0.4, 0.5) is 0 Å². The molecule has 10 nitrogen and oxygen atoms in total. The molecule has 0 aliphatic heterocycles. The summed E-state index contributed by atoms with van der Waals surface area (Å²) in [7, 11) is 0. The predicted octanol–water partition coefficient (Wildman–Crippen LogP) is -0.637. The van der Waals surface area contributed by atoms with Crippen LogP contribution in [0.15, 0.2) is 0 Å². The van der Waals surface area contributed by atoms with Gasteiger partial charge >= 0.3 is 23.9 Å². The molecule has 1 amide bonds. The SMILES string of the molecule is CC(N)=O.O=C(O)CCC(=O)O.O=C(O)CCC(=O)O. The lowest BCUT2D eigenvalue weighted by Gasteiger charge is -1.85. The molecule has 0 atom stereocenters. The molecule has 0 spiro atoms. The molecule has 0 aromatic carbocycles. The van der Waals surface area contributed by atoms with Crippen LogP contribution in [-0.2, 0) is 24.0 Å². The number of nitrogens with two attached hydrogens (primary N) is 1. The molecule has 0 fully saturated rings. The number of carbonyl (C=O) groups excluding carboxylic acids is 1. The van der Waals surface area contributed by atoms with Gasteiger partial charge in [-0.2, -0.15) is 0 Å². The number of carbonyl (C=O) groups is 5. The zero-order valence-corrected chi connectivity index (χ0v) is 10.7. The maximum Gasteiger partial charge on any atom is 0.303 e. The number of carboxylic acids is 4. The molecule has 0 bridgehead atoms. The Morgan fingerprint density at radius 2 is 0.750 bits per heavy atom. The Morgan fingerprint density at radius 3 is 0.800 bits per heavy atom. The van der Waals surface area contributed by atoms with Gasteiger partial charge in [0.25, 0.3) is 0 Å². The fourth-order valence-corrected chi connectivity index (χ4v) is 0.428. The van der Waals surface area contributed by atoms with Gasteiger partial charge in [0, 0.05) is 6.92 Å². The van der Waals surface area contributed by atoms with E-state index in [1.807, 2.05) is 0 Å². The second-order valence-corrected chi connectivity index (χ2v) is 3.19. The van der Waals surface area contributed by atoms with Gasteiger partial charge < -0.3 is 26.2 Å². The summed E-state index contributed by atoms with van der Waals surface area (Å²) in [6, 6.07) is 0. The standard InChI is InChI=1S/2C4H6O4.C2H5NO/c2*5-3(6)1-2-4(7)8;1-2(3)4/h2*1-2H2,(H,5,6)(H,7,8);1H3,(H2,3,4). The van der Waals surface area contributed by atoms with Crippen molar-refractivity contribution in [2.75, 3.05) is 0 Å². The number of hydrogen-bond acceptors (Lipinski definition) is 5. The van der Waals surface area contributed by atoms with E-state index in [4.69, 9.17) is 20.4 Å². The van der Waals surface area contributed by atoms with Crippen molar-refractivity contribution in [3.63, 3.8) is 0 Å². The molecule has 0 aliphatic rings. The minimum Gasteiger partial charge on any atom is -0.481 e. The fraction of sp³-hybridized carbons (Fsp3) is 0.500. The fourth-order valence-electron chi connectivity index (χ4n) is 0.428. The average molecular weight is 295 g/mol. The lowest BCUT2D eigenvalue weighted by atomic mass is 10.3. The second kappa shape index (κ2) is 14.4. The Balaban J connectivity index is -0.000000230. The smallest absolute Gasteiger partial charge is 0.303 e. The van der Waals surface area contributed by atoms with Crippen molar-refractivity contribution in [1.29, 1.82) is 0 Å². The van der Waals surface area contributed by atoms with Gasteiger partial charge in [-0.25, -0.2) is 0 Å². The van der Waals surface area contributed by atoms with Crippen LogP contribution >= 0.6 is 0 Å². The monoisotopic (exact) mass is 295 g/mol. The molecule has 0 saturated heterocycles. The van der Waals surface area contributed by atoms with Crippen LogP contribution in [0.5, 0.6) is 0 Å². The highest BCUT2D eigenvalue weighted by Crippen LogP contribution is 1.86. The molecule has 0 rings (SSSR count). The number of amides is 1. The first kappa shape index (κ1) is 22.5. The lowest BCUT2D eigenvalue weighted by Crippen LogP contribution is -2.01. The van der Waals surface area contributed by atoms with Gasteiger partial charge in [0.15, 0.2) is 0 Å². The van der Waals surface area contributed by atoms with Crippen LogP contribution in [0.1, 0.15) is 32.6 Å². The third-order valence-electron chi connectivity index (χ3n) is 1.11. The van der Waals surface area contributed by atoms with Crippen molar-refractivity contribution in [3.8, 4) is 0 Å². The van der Waals surface area contributed by atoms with Gasteiger partial charge in [0.1, 0.15) is 0 Å². The van der Waals surface area contributed by atoms with Crippen LogP contribution in [-0.4, -0.2) is 50.2 Å². The van der Waals surface area contributed by atoms with Gasteiger partial charge in [0.05, 0.1) is 25.7 Å². The van der Waals surface area contributed by atoms with Crippen LogP contribution in [0.25, 0.3) is 0 Å². The van der Waals surface area contributed by atoms with E-state index in [1.54, 1.807) is 0 Å². The summed E-state index contributed by atoms with van der Waals surface area (Å²) in [5.74, 6) is -4.64. The Labute approximate surface area is 113 Å². The van der Waals surface area contributed by atoms with Crippen molar-refractivity contribution in [2.24, 2.45) is 5.73 Å². The Morgan fingerprint density at radius 1 is 0.650 bits per heavy atom. The molecule has 0 aliphatic carbocycles. The van der Waals surface area contributed by atoms with Crippen LogP contribution in [0.3, 0.4) is 0 Å². The number of primary amides is 1. The normalized spacial score (nSPS) is 8.05. The summed E-state index contributed by atoms with van der Waals surface area (Å²) < 4.78 is 0. The van der Waals surface area contributed by atoms with Gasteiger partial charge in [0.2, 0.25) is 5.91 Å². The highest BCUT2D eigenvalue weighted by molar-refractivity contribution is 5.75. The minimum absolute atomic E-state index is 0.296. The maximum atomic E-state index is 9.64. The van der Waals surface area contributed by atoms with E-state index in [2.05, 4.69) is 5.73 Å². The molecule has 6 N–H and O–H groups in total. The Hall–Kier alpha value is -2.65. The highest BCUT2D eigenvalue weighted by atomic mass is 16.4. The number of hydrogen-bond donors (Lipinski definition) is 5. The number of rotatable bonds is 6. The third kappa shape index (κ3) is 58.5. The molecular weight excluding hydrogens is 278 g/mol. The molecule has 0 saturated carbocycles. The van der Waals surface area contributed by atoms with E-state index in [9.17, 15) is 24.0 Å². The summed E-state index contributed by atoms with van der Waals surface area (Å²) in [6.45, 7) is 1.31. The number of carboxylic acid groups (broad SMARTS) is 4. The van der Waals surface area contributed by atoms with Crippen molar-refractivity contribution >= 4 is 29.8 Å². The predicted molar refractivity (Wildman–Crippen MR) is 63.9 cm³/mol. The molecule has 0 radical (unpaired) electrons.